The van der Waals surface area contributed by atoms with Crippen LogP contribution in [0.15, 0.2) is 35.4 Å². The van der Waals surface area contributed by atoms with Gasteiger partial charge < -0.3 is 0 Å². The summed E-state index contributed by atoms with van der Waals surface area (Å²) >= 11 is 1.65. The van der Waals surface area contributed by atoms with Gasteiger partial charge in [0, 0.05) is 0 Å². The third-order valence-corrected chi connectivity index (χ3v) is 2.75. The number of rotatable bonds is 2. The third-order valence-electron chi connectivity index (χ3n) is 2.13. The Kier molecular flexibility index (Phi) is 2.59. The maximum atomic E-state index is 4.17. The first kappa shape index (κ1) is 9.34. The Morgan fingerprint density at radius 1 is 1.21 bits per heavy atom. The highest BCUT2D eigenvalue weighted by Crippen LogP contribution is 2.21. The quantitative estimate of drug-likeness (QED) is 0.761. The van der Waals surface area contributed by atoms with Crippen LogP contribution in [0, 0.1) is 6.92 Å². The second kappa shape index (κ2) is 3.88. The highest BCUT2D eigenvalue weighted by molar-refractivity contribution is 7.98. The molecule has 2 nitrogen and oxygen atoms in total. The fourth-order valence-electron chi connectivity index (χ4n) is 1.29. The molecule has 14 heavy (non-hydrogen) atoms. The van der Waals surface area contributed by atoms with Gasteiger partial charge >= 0.3 is 0 Å². The number of aryl methyl sites for hydroxylation is 1. The zero-order chi connectivity index (χ0) is 9.97. The van der Waals surface area contributed by atoms with E-state index in [9.17, 15) is 0 Å². The molecule has 0 spiro atoms. The van der Waals surface area contributed by atoms with Crippen LogP contribution in [0.25, 0.3) is 11.3 Å². The van der Waals surface area contributed by atoms with E-state index in [1.54, 1.807) is 11.8 Å². The van der Waals surface area contributed by atoms with E-state index < -0.39 is 0 Å². The summed E-state index contributed by atoms with van der Waals surface area (Å²) in [6.07, 6.45) is 2.02. The van der Waals surface area contributed by atoms with Crippen molar-refractivity contribution in [2.45, 2.75) is 11.9 Å². The molecule has 0 aliphatic heterocycles. The van der Waals surface area contributed by atoms with Gasteiger partial charge in [0.2, 0.25) is 0 Å². The molecule has 1 aromatic carbocycles. The molecule has 1 aromatic heterocycles. The van der Waals surface area contributed by atoms with Crippen LogP contribution in [0.5, 0.6) is 0 Å². The molecular weight excluding hydrogens is 192 g/mol. The lowest BCUT2D eigenvalue weighted by molar-refractivity contribution is 1.01. The van der Waals surface area contributed by atoms with E-state index in [0.717, 1.165) is 10.7 Å². The van der Waals surface area contributed by atoms with Crippen LogP contribution in [0.2, 0.25) is 0 Å². The average molecular weight is 204 g/mol. The number of H-pyrrole nitrogens is 1. The van der Waals surface area contributed by atoms with Crippen molar-refractivity contribution in [3.05, 3.63) is 35.9 Å². The molecule has 0 aliphatic rings. The number of thioether (sulfide) groups is 1. The minimum Gasteiger partial charge on any atom is -0.277 e. The molecule has 2 rings (SSSR count). The molecule has 1 N–H and O–H groups in total. The monoisotopic (exact) mass is 204 g/mol. The molecular formula is C11H12N2S. The molecule has 0 aliphatic carbocycles. The molecule has 0 saturated carbocycles. The lowest BCUT2D eigenvalue weighted by Crippen LogP contribution is -1.77. The topological polar surface area (TPSA) is 28.7 Å². The first-order chi connectivity index (χ1) is 6.79. The highest BCUT2D eigenvalue weighted by atomic mass is 32.2. The summed E-state index contributed by atoms with van der Waals surface area (Å²) in [5.74, 6) is 0. The number of nitrogens with one attached hydrogen (secondary N) is 1. The van der Waals surface area contributed by atoms with Gasteiger partial charge in [-0.05, 0) is 24.8 Å². The van der Waals surface area contributed by atoms with Crippen LogP contribution in [0.4, 0.5) is 0 Å². The normalized spacial score (nSPS) is 10.4. The number of aromatic nitrogens is 2. The first-order valence-electron chi connectivity index (χ1n) is 4.46. The highest BCUT2D eigenvalue weighted by Gasteiger charge is 2.01. The molecule has 0 unspecified atom stereocenters. The number of benzene rings is 1. The van der Waals surface area contributed by atoms with Crippen LogP contribution in [0.3, 0.4) is 0 Å². The predicted molar refractivity (Wildman–Crippen MR) is 60.5 cm³/mol. The standard InChI is InChI=1S/C11H12N2S/c1-8-3-5-9(6-4-8)10-7-11(14-2)13-12-10/h3-7H,1-2H3,(H,12,13). The van der Waals surface area contributed by atoms with Gasteiger partial charge in [0.1, 0.15) is 5.03 Å². The Hall–Kier alpha value is -1.22. The van der Waals surface area contributed by atoms with E-state index in [1.165, 1.54) is 11.1 Å². The van der Waals surface area contributed by atoms with E-state index in [0.29, 0.717) is 0 Å². The van der Waals surface area contributed by atoms with Gasteiger partial charge in [-0.3, -0.25) is 5.10 Å². The number of nitrogens with zero attached hydrogens (tertiary/aromatic N) is 1. The fourth-order valence-corrected chi connectivity index (χ4v) is 1.66. The average Bonchev–Trinajstić information content (AvgIpc) is 2.67. The first-order valence-corrected chi connectivity index (χ1v) is 5.68. The van der Waals surface area contributed by atoms with Gasteiger partial charge in [-0.1, -0.05) is 29.8 Å². The van der Waals surface area contributed by atoms with Crippen molar-refractivity contribution in [3.8, 4) is 11.3 Å². The maximum Gasteiger partial charge on any atom is 0.118 e. The molecule has 1 heterocycles. The number of hydrogen-bond donors (Lipinski definition) is 1. The van der Waals surface area contributed by atoms with E-state index >= 15 is 0 Å². The fraction of sp³-hybridized carbons (Fsp3) is 0.182. The Morgan fingerprint density at radius 2 is 1.93 bits per heavy atom. The molecule has 0 saturated heterocycles. The van der Waals surface area contributed by atoms with Gasteiger partial charge in [0.25, 0.3) is 0 Å². The van der Waals surface area contributed by atoms with Gasteiger partial charge in [-0.2, -0.15) is 5.10 Å². The summed E-state index contributed by atoms with van der Waals surface area (Å²) in [5.41, 5.74) is 3.54. The van der Waals surface area contributed by atoms with Gasteiger partial charge in [-0.15, -0.1) is 11.8 Å². The summed E-state index contributed by atoms with van der Waals surface area (Å²) < 4.78 is 0. The Morgan fingerprint density at radius 3 is 2.50 bits per heavy atom. The minimum absolute atomic E-state index is 1.03. The van der Waals surface area contributed by atoms with E-state index in [-0.39, 0.29) is 0 Å². The summed E-state index contributed by atoms with van der Waals surface area (Å²) in [5, 5.41) is 8.22. The smallest absolute Gasteiger partial charge is 0.118 e. The van der Waals surface area contributed by atoms with Crippen molar-refractivity contribution in [2.24, 2.45) is 0 Å². The molecule has 72 valence electrons. The predicted octanol–water partition coefficient (Wildman–Crippen LogP) is 3.11. The van der Waals surface area contributed by atoms with Crippen molar-refractivity contribution < 1.29 is 0 Å². The van der Waals surface area contributed by atoms with E-state index in [2.05, 4.69) is 47.5 Å². The molecule has 2 aromatic rings. The maximum absolute atomic E-state index is 4.17. The second-order valence-electron chi connectivity index (χ2n) is 3.19. The van der Waals surface area contributed by atoms with E-state index in [1.807, 2.05) is 6.26 Å². The largest absolute Gasteiger partial charge is 0.277 e. The van der Waals surface area contributed by atoms with Gasteiger partial charge in [0.05, 0.1) is 5.69 Å². The second-order valence-corrected chi connectivity index (χ2v) is 4.02. The van der Waals surface area contributed by atoms with Crippen LogP contribution in [-0.4, -0.2) is 16.5 Å². The van der Waals surface area contributed by atoms with E-state index in [4.69, 9.17) is 0 Å². The summed E-state index contributed by atoms with van der Waals surface area (Å²) in [6.45, 7) is 2.09. The zero-order valence-electron chi connectivity index (χ0n) is 8.24. The molecule has 0 fully saturated rings. The number of hydrogen-bond acceptors (Lipinski definition) is 2. The van der Waals surface area contributed by atoms with Crippen molar-refractivity contribution in [1.82, 2.24) is 10.2 Å². The summed E-state index contributed by atoms with van der Waals surface area (Å²) in [4.78, 5) is 0. The molecule has 0 bridgehead atoms. The molecule has 3 heteroatoms. The lowest BCUT2D eigenvalue weighted by Gasteiger charge is -1.96. The van der Waals surface area contributed by atoms with Gasteiger partial charge in [0.15, 0.2) is 0 Å². The molecule has 0 radical (unpaired) electrons. The molecule has 0 amide bonds. The number of aromatic amines is 1. The zero-order valence-corrected chi connectivity index (χ0v) is 9.06. The van der Waals surface area contributed by atoms with Gasteiger partial charge in [-0.25, -0.2) is 0 Å². The van der Waals surface area contributed by atoms with Crippen molar-refractivity contribution in [2.75, 3.05) is 6.26 Å². The van der Waals surface area contributed by atoms with Crippen molar-refractivity contribution >= 4 is 11.8 Å². The Bertz CT molecular complexity index is 417. The Labute approximate surface area is 87.7 Å². The van der Waals surface area contributed by atoms with Crippen LogP contribution >= 0.6 is 11.8 Å². The minimum atomic E-state index is 1.03. The summed E-state index contributed by atoms with van der Waals surface area (Å²) in [7, 11) is 0. The Balaban J connectivity index is 2.34. The van der Waals surface area contributed by atoms with Crippen LogP contribution in [0.1, 0.15) is 5.56 Å². The third kappa shape index (κ3) is 1.82. The van der Waals surface area contributed by atoms with Crippen LogP contribution < -0.4 is 0 Å². The van der Waals surface area contributed by atoms with Crippen molar-refractivity contribution in [1.29, 1.82) is 0 Å². The van der Waals surface area contributed by atoms with Crippen LogP contribution in [-0.2, 0) is 0 Å². The summed E-state index contributed by atoms with van der Waals surface area (Å²) in [6, 6.07) is 10.5. The SMILES string of the molecule is CSc1cc(-c2ccc(C)cc2)[nH]n1. The lowest BCUT2D eigenvalue weighted by atomic mass is 10.1. The van der Waals surface area contributed by atoms with Crippen molar-refractivity contribution in [3.63, 3.8) is 0 Å². The molecule has 0 atom stereocenters.